The molecular weight excluding hydrogens is 268 g/mol. The number of likely N-dealkylation sites (N-methyl/N-ethyl adjacent to an activating group) is 1. The van der Waals surface area contributed by atoms with Crippen LogP contribution in [0.25, 0.3) is 0 Å². The van der Waals surface area contributed by atoms with Crippen molar-refractivity contribution in [3.63, 3.8) is 0 Å². The van der Waals surface area contributed by atoms with Crippen LogP contribution in [0.3, 0.4) is 0 Å². The second kappa shape index (κ2) is 6.78. The molecule has 1 aromatic rings. The maximum Gasteiger partial charge on any atom is 0.178 e. The molecule has 2 heterocycles. The number of ether oxygens (including phenoxy) is 1. The highest BCUT2D eigenvalue weighted by atomic mass is 19.1. The van der Waals surface area contributed by atoms with E-state index in [1.54, 1.807) is 0 Å². The summed E-state index contributed by atoms with van der Waals surface area (Å²) < 4.78 is 32.4. The monoisotopic (exact) mass is 287 g/mol. The fourth-order valence-electron chi connectivity index (χ4n) is 2.09. The lowest BCUT2D eigenvalue weighted by molar-refractivity contribution is -0.0192. The van der Waals surface area contributed by atoms with Crippen molar-refractivity contribution in [3.8, 4) is 0 Å². The molecule has 6 nitrogen and oxygen atoms in total. The fourth-order valence-corrected chi connectivity index (χ4v) is 2.09. The summed E-state index contributed by atoms with van der Waals surface area (Å²) in [5, 5.41) is 2.83. The minimum Gasteiger partial charge on any atom is -0.374 e. The second-order valence-corrected chi connectivity index (χ2v) is 4.56. The standard InChI is InChI=1S/C12H19F2N5O/c1-2-19-3-4-20-8(7-19)6-16-11-9(13)5-10(14)12(17-11)18-15/h5,8H,2-4,6-7,15H2,1H3,(H2,16,17,18). The number of nitrogen functional groups attached to an aromatic ring is 1. The van der Waals surface area contributed by atoms with Gasteiger partial charge in [0, 0.05) is 25.7 Å². The minimum absolute atomic E-state index is 0.0448. The zero-order valence-corrected chi connectivity index (χ0v) is 11.3. The number of nitrogens with two attached hydrogens (primary N) is 1. The lowest BCUT2D eigenvalue weighted by atomic mass is 10.2. The van der Waals surface area contributed by atoms with Gasteiger partial charge >= 0.3 is 0 Å². The van der Waals surface area contributed by atoms with Gasteiger partial charge in [-0.1, -0.05) is 6.92 Å². The van der Waals surface area contributed by atoms with E-state index in [0.29, 0.717) is 13.2 Å². The number of morpholine rings is 1. The highest BCUT2D eigenvalue weighted by Gasteiger charge is 2.20. The first-order valence-corrected chi connectivity index (χ1v) is 6.54. The molecule has 0 saturated carbocycles. The summed E-state index contributed by atoms with van der Waals surface area (Å²) in [5.74, 6) is 3.27. The average molecular weight is 287 g/mol. The molecule has 1 aromatic heterocycles. The Morgan fingerprint density at radius 1 is 1.45 bits per heavy atom. The van der Waals surface area contributed by atoms with E-state index in [2.05, 4.69) is 27.6 Å². The van der Waals surface area contributed by atoms with Crippen molar-refractivity contribution in [2.75, 3.05) is 43.5 Å². The van der Waals surface area contributed by atoms with E-state index in [4.69, 9.17) is 10.6 Å². The number of hydrazine groups is 1. The van der Waals surface area contributed by atoms with Crippen LogP contribution in [-0.4, -0.2) is 48.8 Å². The summed E-state index contributed by atoms with van der Waals surface area (Å²) in [6.45, 7) is 5.75. The molecule has 0 amide bonds. The van der Waals surface area contributed by atoms with Gasteiger partial charge in [-0.05, 0) is 6.54 Å². The van der Waals surface area contributed by atoms with Gasteiger partial charge in [0.05, 0.1) is 12.7 Å². The van der Waals surface area contributed by atoms with Gasteiger partial charge in [0.1, 0.15) is 0 Å². The van der Waals surface area contributed by atoms with E-state index < -0.39 is 11.6 Å². The van der Waals surface area contributed by atoms with Crippen molar-refractivity contribution < 1.29 is 13.5 Å². The molecule has 1 saturated heterocycles. The van der Waals surface area contributed by atoms with Gasteiger partial charge in [0.15, 0.2) is 23.3 Å². The van der Waals surface area contributed by atoms with Gasteiger partial charge < -0.3 is 15.5 Å². The minimum atomic E-state index is -0.832. The van der Waals surface area contributed by atoms with Crippen LogP contribution in [0.1, 0.15) is 6.92 Å². The largest absolute Gasteiger partial charge is 0.374 e. The van der Waals surface area contributed by atoms with Crippen LogP contribution in [0, 0.1) is 11.6 Å². The molecule has 1 fully saturated rings. The number of hydrogen-bond donors (Lipinski definition) is 3. The number of hydrogen-bond acceptors (Lipinski definition) is 6. The molecule has 0 spiro atoms. The Bertz CT molecular complexity index is 460. The van der Waals surface area contributed by atoms with Gasteiger partial charge in [0.25, 0.3) is 0 Å². The Morgan fingerprint density at radius 3 is 2.90 bits per heavy atom. The Labute approximate surface area is 116 Å². The van der Waals surface area contributed by atoms with Crippen molar-refractivity contribution in [1.29, 1.82) is 0 Å². The number of aromatic nitrogens is 1. The van der Waals surface area contributed by atoms with Crippen LogP contribution >= 0.6 is 0 Å². The molecule has 4 N–H and O–H groups in total. The molecular formula is C12H19F2N5O. The zero-order valence-electron chi connectivity index (χ0n) is 11.3. The Hall–Kier alpha value is -1.51. The topological polar surface area (TPSA) is 75.4 Å². The van der Waals surface area contributed by atoms with Crippen LogP contribution in [0.5, 0.6) is 0 Å². The predicted molar refractivity (Wildman–Crippen MR) is 72.3 cm³/mol. The Kier molecular flexibility index (Phi) is 5.05. The van der Waals surface area contributed by atoms with Crippen LogP contribution in [0.2, 0.25) is 0 Å². The van der Waals surface area contributed by atoms with Gasteiger partial charge in [-0.25, -0.2) is 19.6 Å². The van der Waals surface area contributed by atoms with E-state index in [-0.39, 0.29) is 17.7 Å². The van der Waals surface area contributed by atoms with Crippen LogP contribution in [0.4, 0.5) is 20.4 Å². The molecule has 0 bridgehead atoms. The maximum atomic E-state index is 13.6. The highest BCUT2D eigenvalue weighted by molar-refractivity contribution is 5.46. The van der Waals surface area contributed by atoms with Crippen molar-refractivity contribution in [2.45, 2.75) is 13.0 Å². The summed E-state index contributed by atoms with van der Waals surface area (Å²) in [5.41, 5.74) is 2.08. The molecule has 112 valence electrons. The molecule has 0 aromatic carbocycles. The van der Waals surface area contributed by atoms with Gasteiger partial charge in [-0.2, -0.15) is 0 Å². The summed E-state index contributed by atoms with van der Waals surface area (Å²) in [6, 6.07) is 0.741. The average Bonchev–Trinajstić information content (AvgIpc) is 2.46. The van der Waals surface area contributed by atoms with E-state index in [1.807, 2.05) is 0 Å². The first-order chi connectivity index (χ1) is 9.63. The highest BCUT2D eigenvalue weighted by Crippen LogP contribution is 2.18. The third kappa shape index (κ3) is 3.53. The Balaban J connectivity index is 1.96. The van der Waals surface area contributed by atoms with Crippen LogP contribution in [0.15, 0.2) is 6.07 Å². The van der Waals surface area contributed by atoms with Crippen molar-refractivity contribution in [1.82, 2.24) is 9.88 Å². The zero-order chi connectivity index (χ0) is 14.5. The third-order valence-corrected chi connectivity index (χ3v) is 3.23. The van der Waals surface area contributed by atoms with Gasteiger partial charge in [0.2, 0.25) is 0 Å². The SMILES string of the molecule is CCN1CCOC(CNc2nc(NN)c(F)cc2F)C1. The van der Waals surface area contributed by atoms with E-state index in [1.165, 1.54) is 0 Å². The number of pyridine rings is 1. The maximum absolute atomic E-state index is 13.6. The molecule has 1 unspecified atom stereocenters. The van der Waals surface area contributed by atoms with Crippen LogP contribution < -0.4 is 16.6 Å². The van der Waals surface area contributed by atoms with E-state index in [9.17, 15) is 8.78 Å². The molecule has 1 aliphatic heterocycles. The predicted octanol–water partition coefficient (Wildman–Crippen LogP) is 0.778. The molecule has 0 radical (unpaired) electrons. The fraction of sp³-hybridized carbons (Fsp3) is 0.583. The summed E-state index contributed by atoms with van der Waals surface area (Å²) >= 11 is 0. The number of halogens is 2. The Morgan fingerprint density at radius 2 is 2.20 bits per heavy atom. The van der Waals surface area contributed by atoms with Crippen molar-refractivity contribution in [3.05, 3.63) is 17.7 Å². The lowest BCUT2D eigenvalue weighted by Crippen LogP contribution is -2.45. The first kappa shape index (κ1) is 14.9. The smallest absolute Gasteiger partial charge is 0.178 e. The normalized spacial score (nSPS) is 19.9. The number of nitrogens with zero attached hydrogens (tertiary/aromatic N) is 2. The first-order valence-electron chi connectivity index (χ1n) is 6.54. The van der Waals surface area contributed by atoms with Crippen molar-refractivity contribution in [2.24, 2.45) is 5.84 Å². The van der Waals surface area contributed by atoms with Crippen LogP contribution in [-0.2, 0) is 4.74 Å². The molecule has 1 atom stereocenters. The molecule has 8 heteroatoms. The van der Waals surface area contributed by atoms with Gasteiger partial charge in [-0.15, -0.1) is 0 Å². The number of rotatable bonds is 5. The number of anilines is 2. The van der Waals surface area contributed by atoms with Crippen molar-refractivity contribution >= 4 is 11.6 Å². The van der Waals surface area contributed by atoms with E-state index in [0.717, 1.165) is 25.7 Å². The quantitative estimate of drug-likeness (QED) is 0.549. The number of nitrogens with one attached hydrogen (secondary N) is 2. The third-order valence-electron chi connectivity index (χ3n) is 3.23. The molecule has 20 heavy (non-hydrogen) atoms. The molecule has 1 aliphatic rings. The lowest BCUT2D eigenvalue weighted by Gasteiger charge is -2.32. The van der Waals surface area contributed by atoms with E-state index >= 15 is 0 Å². The van der Waals surface area contributed by atoms with Gasteiger partial charge in [-0.3, -0.25) is 4.90 Å². The summed E-state index contributed by atoms with van der Waals surface area (Å²) in [4.78, 5) is 5.99. The molecule has 0 aliphatic carbocycles. The summed E-state index contributed by atoms with van der Waals surface area (Å²) in [7, 11) is 0. The summed E-state index contributed by atoms with van der Waals surface area (Å²) in [6.07, 6.45) is -0.0516. The second-order valence-electron chi connectivity index (χ2n) is 4.56. The molecule has 2 rings (SSSR count).